The normalized spacial score (nSPS) is 21.6. The molecule has 1 aliphatic heterocycles. The quantitative estimate of drug-likeness (QED) is 0.639. The zero-order chi connectivity index (χ0) is 16.1. The number of likely N-dealkylation sites (tertiary alicyclic amines) is 1. The summed E-state index contributed by atoms with van der Waals surface area (Å²) in [6.07, 6.45) is 3.13. The number of amides is 1. The lowest BCUT2D eigenvalue weighted by Gasteiger charge is -2.38. The highest BCUT2D eigenvalue weighted by molar-refractivity contribution is 8.01. The van der Waals surface area contributed by atoms with Gasteiger partial charge in [0.2, 0.25) is 5.13 Å². The maximum atomic E-state index is 12.2. The van der Waals surface area contributed by atoms with Crippen molar-refractivity contribution in [1.29, 1.82) is 0 Å². The molecule has 7 nitrogen and oxygen atoms in total. The first-order chi connectivity index (χ1) is 10.5. The van der Waals surface area contributed by atoms with Gasteiger partial charge >= 0.3 is 5.97 Å². The van der Waals surface area contributed by atoms with Crippen LogP contribution in [0.5, 0.6) is 0 Å². The summed E-state index contributed by atoms with van der Waals surface area (Å²) in [4.78, 5) is 25.7. The Hall–Kier alpha value is -1.35. The highest BCUT2D eigenvalue weighted by Crippen LogP contribution is 2.24. The Morgan fingerprint density at radius 2 is 2.05 bits per heavy atom. The number of aromatic nitrogens is 2. The van der Waals surface area contributed by atoms with Crippen molar-refractivity contribution in [1.82, 2.24) is 15.1 Å². The average Bonchev–Trinajstić information content (AvgIpc) is 2.88. The molecule has 1 saturated heterocycles. The highest BCUT2D eigenvalue weighted by Gasteiger charge is 2.29. The van der Waals surface area contributed by atoms with Crippen molar-refractivity contribution in [3.05, 3.63) is 0 Å². The Bertz CT molecular complexity index is 527. The molecular formula is C13H20N4O3S2. The number of nitrogens with zero attached hydrogens (tertiary/aromatic N) is 3. The third-order valence-corrected chi connectivity index (χ3v) is 5.43. The molecule has 1 aromatic rings. The molecular weight excluding hydrogens is 324 g/mol. The van der Waals surface area contributed by atoms with E-state index in [0.29, 0.717) is 9.47 Å². The smallest absolute Gasteiger partial charge is 0.316 e. The fourth-order valence-corrected chi connectivity index (χ4v) is 4.00. The van der Waals surface area contributed by atoms with Gasteiger partial charge in [-0.25, -0.2) is 0 Å². The Labute approximate surface area is 137 Å². The molecule has 1 aliphatic rings. The summed E-state index contributed by atoms with van der Waals surface area (Å²) in [5.74, 6) is -0.477. The van der Waals surface area contributed by atoms with Crippen molar-refractivity contribution in [2.24, 2.45) is 0 Å². The fraction of sp³-hybridized carbons (Fsp3) is 0.692. The minimum Gasteiger partial charge on any atom is -0.455 e. The minimum atomic E-state index is -0.440. The largest absolute Gasteiger partial charge is 0.455 e. The molecule has 0 spiro atoms. The fourth-order valence-electron chi connectivity index (χ4n) is 2.57. The number of piperidine rings is 1. The summed E-state index contributed by atoms with van der Waals surface area (Å²) in [6.45, 7) is 3.86. The predicted octanol–water partition coefficient (Wildman–Crippen LogP) is 1.55. The second-order valence-electron chi connectivity index (χ2n) is 5.29. The summed E-state index contributed by atoms with van der Waals surface area (Å²) < 4.78 is 5.67. The van der Waals surface area contributed by atoms with E-state index in [1.807, 2.05) is 18.7 Å². The number of esters is 1. The maximum Gasteiger partial charge on any atom is 0.316 e. The van der Waals surface area contributed by atoms with E-state index in [9.17, 15) is 9.59 Å². The van der Waals surface area contributed by atoms with Crippen LogP contribution in [0.25, 0.3) is 0 Å². The molecule has 2 N–H and O–H groups in total. The Kier molecular flexibility index (Phi) is 6.01. The molecule has 0 aliphatic carbocycles. The van der Waals surface area contributed by atoms with Crippen LogP contribution in [0.2, 0.25) is 0 Å². The third-order valence-electron chi connectivity index (χ3n) is 3.57. The number of nitrogen functional groups attached to an aromatic ring is 1. The first kappa shape index (κ1) is 17.0. The topological polar surface area (TPSA) is 98.4 Å². The van der Waals surface area contributed by atoms with Crippen molar-refractivity contribution >= 4 is 40.1 Å². The number of anilines is 1. The van der Waals surface area contributed by atoms with Crippen molar-refractivity contribution in [2.45, 2.75) is 49.5 Å². The van der Waals surface area contributed by atoms with Crippen LogP contribution in [0.4, 0.5) is 5.13 Å². The number of thioether (sulfide) groups is 1. The van der Waals surface area contributed by atoms with Crippen LogP contribution >= 0.6 is 23.1 Å². The first-order valence-electron chi connectivity index (χ1n) is 7.16. The van der Waals surface area contributed by atoms with Gasteiger partial charge in [0.05, 0.1) is 5.75 Å². The summed E-state index contributed by atoms with van der Waals surface area (Å²) in [5.41, 5.74) is 5.46. The molecule has 1 amide bonds. The molecule has 0 radical (unpaired) electrons. The molecule has 2 unspecified atom stereocenters. The molecule has 2 rings (SSSR count). The number of rotatable bonds is 5. The minimum absolute atomic E-state index is 0.0903. The Morgan fingerprint density at radius 3 is 2.64 bits per heavy atom. The molecule has 0 bridgehead atoms. The summed E-state index contributed by atoms with van der Waals surface area (Å²) in [6, 6.07) is 0.405. The number of ether oxygens (including phenoxy) is 1. The number of carbonyl (C=O) groups is 2. The van der Waals surface area contributed by atoms with Crippen LogP contribution in [0.1, 0.15) is 33.1 Å². The number of carbonyl (C=O) groups excluding carboxylic acids is 2. The van der Waals surface area contributed by atoms with Gasteiger partial charge in [-0.3, -0.25) is 9.59 Å². The van der Waals surface area contributed by atoms with Gasteiger partial charge in [-0.2, -0.15) is 0 Å². The van der Waals surface area contributed by atoms with E-state index < -0.39 is 5.97 Å². The van der Waals surface area contributed by atoms with Crippen LogP contribution in [-0.2, 0) is 14.3 Å². The lowest BCUT2D eigenvalue weighted by molar-refractivity contribution is -0.153. The van der Waals surface area contributed by atoms with Gasteiger partial charge in [-0.1, -0.05) is 23.1 Å². The Balaban J connectivity index is 1.74. The monoisotopic (exact) mass is 344 g/mol. The molecule has 122 valence electrons. The highest BCUT2D eigenvalue weighted by atomic mass is 32.2. The zero-order valence-electron chi connectivity index (χ0n) is 12.7. The van der Waals surface area contributed by atoms with Crippen LogP contribution in [0.15, 0.2) is 4.34 Å². The summed E-state index contributed by atoms with van der Waals surface area (Å²) >= 11 is 2.42. The molecule has 9 heteroatoms. The average molecular weight is 344 g/mol. The molecule has 2 atom stereocenters. The van der Waals surface area contributed by atoms with E-state index in [2.05, 4.69) is 10.2 Å². The van der Waals surface area contributed by atoms with Crippen LogP contribution in [0, 0.1) is 0 Å². The number of hydrogen-bond donors (Lipinski definition) is 1. The van der Waals surface area contributed by atoms with Crippen molar-refractivity contribution in [3.63, 3.8) is 0 Å². The third kappa shape index (κ3) is 4.57. The van der Waals surface area contributed by atoms with E-state index in [1.54, 1.807) is 0 Å². The molecule has 0 saturated carbocycles. The van der Waals surface area contributed by atoms with Crippen molar-refractivity contribution < 1.29 is 14.3 Å². The number of hydrogen-bond acceptors (Lipinski definition) is 8. The van der Waals surface area contributed by atoms with Gasteiger partial charge < -0.3 is 15.4 Å². The predicted molar refractivity (Wildman–Crippen MR) is 85.6 cm³/mol. The molecule has 1 fully saturated rings. The van der Waals surface area contributed by atoms with E-state index in [-0.39, 0.29) is 30.4 Å². The molecule has 2 heterocycles. The lowest BCUT2D eigenvalue weighted by Crippen LogP contribution is -2.49. The maximum absolute atomic E-state index is 12.2. The summed E-state index contributed by atoms with van der Waals surface area (Å²) in [7, 11) is 0. The molecule has 0 aromatic carbocycles. The van der Waals surface area contributed by atoms with Gasteiger partial charge in [-0.05, 0) is 33.1 Å². The lowest BCUT2D eigenvalue weighted by atomic mass is 9.97. The second-order valence-corrected chi connectivity index (χ2v) is 7.52. The van der Waals surface area contributed by atoms with Crippen molar-refractivity contribution in [2.75, 3.05) is 18.1 Å². The zero-order valence-corrected chi connectivity index (χ0v) is 14.3. The van der Waals surface area contributed by atoms with E-state index in [4.69, 9.17) is 10.5 Å². The van der Waals surface area contributed by atoms with Gasteiger partial charge in [0.1, 0.15) is 0 Å². The van der Waals surface area contributed by atoms with Gasteiger partial charge in [0.15, 0.2) is 10.9 Å². The second kappa shape index (κ2) is 7.77. The molecule has 1 aromatic heterocycles. The molecule has 22 heavy (non-hydrogen) atoms. The Morgan fingerprint density at radius 1 is 1.36 bits per heavy atom. The van der Waals surface area contributed by atoms with Gasteiger partial charge in [0.25, 0.3) is 5.91 Å². The van der Waals surface area contributed by atoms with E-state index in [0.717, 1.165) is 19.3 Å². The van der Waals surface area contributed by atoms with Crippen molar-refractivity contribution in [3.8, 4) is 0 Å². The first-order valence-corrected chi connectivity index (χ1v) is 8.96. The van der Waals surface area contributed by atoms with Gasteiger partial charge in [-0.15, -0.1) is 10.2 Å². The van der Waals surface area contributed by atoms with E-state index in [1.165, 1.54) is 23.1 Å². The van der Waals surface area contributed by atoms with E-state index >= 15 is 0 Å². The summed E-state index contributed by atoms with van der Waals surface area (Å²) in [5, 5.41) is 7.82. The van der Waals surface area contributed by atoms with Gasteiger partial charge in [0, 0.05) is 12.1 Å². The standard InChI is InChI=1S/C13H20N4O3S2/c1-8-4-3-5-9(2)17(8)10(18)6-20-11(19)7-21-13-16-15-12(14)22-13/h8-9H,3-7H2,1-2H3,(H2,14,15). The SMILES string of the molecule is CC1CCCC(C)N1C(=O)COC(=O)CSc1nnc(N)s1. The van der Waals surface area contributed by atoms with Crippen LogP contribution in [0.3, 0.4) is 0 Å². The van der Waals surface area contributed by atoms with Crippen LogP contribution in [-0.4, -0.2) is 51.4 Å². The van der Waals surface area contributed by atoms with Crippen LogP contribution < -0.4 is 5.73 Å². The number of nitrogens with two attached hydrogens (primary N) is 1.